The number of pyridine rings is 1. The number of rotatable bonds is 3. The zero-order chi connectivity index (χ0) is 10.7. The average Bonchev–Trinajstić information content (AvgIpc) is 2.61. The Morgan fingerprint density at radius 1 is 1.60 bits per heavy atom. The summed E-state index contributed by atoms with van der Waals surface area (Å²) in [7, 11) is 0. The lowest BCUT2D eigenvalue weighted by molar-refractivity contribution is 0.127. The lowest BCUT2D eigenvalue weighted by Crippen LogP contribution is -2.13. The van der Waals surface area contributed by atoms with Gasteiger partial charge in [-0.3, -0.25) is 0 Å². The number of thioether (sulfide) groups is 1. The van der Waals surface area contributed by atoms with Crippen molar-refractivity contribution in [2.45, 2.75) is 30.5 Å². The number of hydrogen-bond acceptors (Lipinski definition) is 4. The lowest BCUT2D eigenvalue weighted by atomic mass is 10.3. The third-order valence-corrected chi connectivity index (χ3v) is 4.09. The van der Waals surface area contributed by atoms with Crippen LogP contribution in [-0.4, -0.2) is 22.9 Å². The summed E-state index contributed by atoms with van der Waals surface area (Å²) in [6.07, 6.45) is 1.52. The molecule has 1 fully saturated rings. The number of nitrogens with two attached hydrogens (primary N) is 1. The van der Waals surface area contributed by atoms with E-state index in [0.29, 0.717) is 17.2 Å². The molecule has 0 aromatic carbocycles. The Morgan fingerprint density at radius 3 is 3.13 bits per heavy atom. The van der Waals surface area contributed by atoms with Gasteiger partial charge in [0.15, 0.2) is 0 Å². The summed E-state index contributed by atoms with van der Waals surface area (Å²) in [6, 6.07) is 5.78. The summed E-state index contributed by atoms with van der Waals surface area (Å²) in [5, 5.41) is 0.605. The Hall–Kier alpha value is -0.740. The molecule has 0 amide bonds. The number of anilines is 1. The van der Waals surface area contributed by atoms with Crippen molar-refractivity contribution in [1.82, 2.24) is 4.98 Å². The van der Waals surface area contributed by atoms with Crippen LogP contribution >= 0.6 is 11.8 Å². The molecule has 1 aromatic rings. The highest BCUT2D eigenvalue weighted by Crippen LogP contribution is 2.28. The first-order chi connectivity index (χ1) is 7.25. The lowest BCUT2D eigenvalue weighted by Gasteiger charge is -2.12. The largest absolute Gasteiger partial charge is 0.384 e. The minimum atomic E-state index is 0.371. The van der Waals surface area contributed by atoms with Gasteiger partial charge < -0.3 is 10.5 Å². The first-order valence-corrected chi connectivity index (χ1v) is 6.25. The average molecular weight is 224 g/mol. The molecule has 4 heteroatoms. The summed E-state index contributed by atoms with van der Waals surface area (Å²) in [6.45, 7) is 3.03. The molecule has 0 radical (unpaired) electrons. The smallest absolute Gasteiger partial charge is 0.123 e. The molecule has 2 heterocycles. The molecule has 0 aliphatic carbocycles. The second-order valence-corrected chi connectivity index (χ2v) is 5.00. The topological polar surface area (TPSA) is 48.1 Å². The predicted molar refractivity (Wildman–Crippen MR) is 63.8 cm³/mol. The highest BCUT2D eigenvalue weighted by Gasteiger charge is 2.24. The SMILES string of the molecule is CC1OCCC1SCc1cccc(N)n1. The quantitative estimate of drug-likeness (QED) is 0.854. The van der Waals surface area contributed by atoms with Crippen LogP contribution in [0.25, 0.3) is 0 Å². The Balaban J connectivity index is 1.87. The molecule has 0 spiro atoms. The van der Waals surface area contributed by atoms with Gasteiger partial charge in [0.1, 0.15) is 5.82 Å². The fraction of sp³-hybridized carbons (Fsp3) is 0.545. The molecule has 1 aliphatic heterocycles. The maximum atomic E-state index is 5.62. The molecule has 0 saturated carbocycles. The van der Waals surface area contributed by atoms with Crippen molar-refractivity contribution in [1.29, 1.82) is 0 Å². The van der Waals surface area contributed by atoms with Crippen LogP contribution < -0.4 is 5.73 Å². The molecular weight excluding hydrogens is 208 g/mol. The molecule has 2 rings (SSSR count). The second kappa shape index (κ2) is 4.86. The van der Waals surface area contributed by atoms with Crippen molar-refractivity contribution < 1.29 is 4.74 Å². The van der Waals surface area contributed by atoms with Gasteiger partial charge in [-0.2, -0.15) is 0 Å². The number of nitrogens with zero attached hydrogens (tertiary/aromatic N) is 1. The normalized spacial score (nSPS) is 25.7. The molecule has 1 aliphatic rings. The molecule has 2 unspecified atom stereocenters. The zero-order valence-electron chi connectivity index (χ0n) is 8.85. The number of hydrogen-bond donors (Lipinski definition) is 1. The van der Waals surface area contributed by atoms with Gasteiger partial charge >= 0.3 is 0 Å². The predicted octanol–water partition coefficient (Wildman–Crippen LogP) is 2.07. The van der Waals surface area contributed by atoms with E-state index in [-0.39, 0.29) is 0 Å². The van der Waals surface area contributed by atoms with E-state index in [2.05, 4.69) is 11.9 Å². The van der Waals surface area contributed by atoms with Crippen molar-refractivity contribution >= 4 is 17.6 Å². The van der Waals surface area contributed by atoms with Crippen LogP contribution in [0.15, 0.2) is 18.2 Å². The molecule has 2 N–H and O–H groups in total. The van der Waals surface area contributed by atoms with Gasteiger partial charge in [-0.25, -0.2) is 4.98 Å². The van der Waals surface area contributed by atoms with Crippen molar-refractivity contribution in [3.63, 3.8) is 0 Å². The van der Waals surface area contributed by atoms with E-state index in [0.717, 1.165) is 24.5 Å². The maximum absolute atomic E-state index is 5.62. The van der Waals surface area contributed by atoms with Crippen LogP contribution in [0.1, 0.15) is 19.0 Å². The second-order valence-electron chi connectivity index (χ2n) is 3.77. The Kier molecular flexibility index (Phi) is 3.49. The van der Waals surface area contributed by atoms with Gasteiger partial charge in [0.05, 0.1) is 11.8 Å². The van der Waals surface area contributed by atoms with Gasteiger partial charge in [-0.05, 0) is 25.5 Å². The summed E-state index contributed by atoms with van der Waals surface area (Å²) in [5.41, 5.74) is 6.68. The highest BCUT2D eigenvalue weighted by molar-refractivity contribution is 7.99. The minimum Gasteiger partial charge on any atom is -0.384 e. The summed E-state index contributed by atoms with van der Waals surface area (Å²) in [5.74, 6) is 1.52. The van der Waals surface area contributed by atoms with Crippen molar-refractivity contribution in [3.8, 4) is 0 Å². The first kappa shape index (κ1) is 10.8. The van der Waals surface area contributed by atoms with Gasteiger partial charge in [0, 0.05) is 17.6 Å². The van der Waals surface area contributed by atoms with E-state index in [9.17, 15) is 0 Å². The van der Waals surface area contributed by atoms with Crippen LogP contribution in [0.4, 0.5) is 5.82 Å². The molecule has 1 aromatic heterocycles. The monoisotopic (exact) mass is 224 g/mol. The molecule has 0 bridgehead atoms. The van der Waals surface area contributed by atoms with Gasteiger partial charge in [-0.1, -0.05) is 6.07 Å². The Morgan fingerprint density at radius 2 is 2.47 bits per heavy atom. The molecule has 1 saturated heterocycles. The third-order valence-electron chi connectivity index (χ3n) is 2.58. The maximum Gasteiger partial charge on any atom is 0.123 e. The van der Waals surface area contributed by atoms with Crippen molar-refractivity contribution in [2.75, 3.05) is 12.3 Å². The van der Waals surface area contributed by atoms with Gasteiger partial charge in [0.25, 0.3) is 0 Å². The van der Waals surface area contributed by atoms with Crippen LogP contribution in [0.5, 0.6) is 0 Å². The third kappa shape index (κ3) is 2.86. The van der Waals surface area contributed by atoms with Gasteiger partial charge in [-0.15, -0.1) is 11.8 Å². The highest BCUT2D eigenvalue weighted by atomic mass is 32.2. The summed E-state index contributed by atoms with van der Waals surface area (Å²) in [4.78, 5) is 4.28. The van der Waals surface area contributed by atoms with Crippen molar-refractivity contribution in [2.24, 2.45) is 0 Å². The Labute approximate surface area is 94.4 Å². The summed E-state index contributed by atoms with van der Waals surface area (Å²) < 4.78 is 5.51. The molecule has 82 valence electrons. The molecular formula is C11H16N2OS. The fourth-order valence-electron chi connectivity index (χ4n) is 1.70. The van der Waals surface area contributed by atoms with Crippen LogP contribution in [-0.2, 0) is 10.5 Å². The Bertz CT molecular complexity index is 332. The summed E-state index contributed by atoms with van der Waals surface area (Å²) >= 11 is 1.91. The fourth-order valence-corrected chi connectivity index (χ4v) is 2.86. The number of nitrogen functional groups attached to an aromatic ring is 1. The van der Waals surface area contributed by atoms with Crippen LogP contribution in [0, 0.1) is 0 Å². The van der Waals surface area contributed by atoms with E-state index in [1.165, 1.54) is 0 Å². The molecule has 3 nitrogen and oxygen atoms in total. The van der Waals surface area contributed by atoms with E-state index < -0.39 is 0 Å². The van der Waals surface area contributed by atoms with Crippen molar-refractivity contribution in [3.05, 3.63) is 23.9 Å². The van der Waals surface area contributed by atoms with E-state index >= 15 is 0 Å². The standard InChI is InChI=1S/C11H16N2OS/c1-8-10(5-6-14-8)15-7-9-3-2-4-11(12)13-9/h2-4,8,10H,5-7H2,1H3,(H2,12,13). The van der Waals surface area contributed by atoms with Crippen LogP contribution in [0.2, 0.25) is 0 Å². The van der Waals surface area contributed by atoms with E-state index in [1.54, 1.807) is 0 Å². The van der Waals surface area contributed by atoms with E-state index in [4.69, 9.17) is 10.5 Å². The molecule has 2 atom stereocenters. The number of ether oxygens (including phenoxy) is 1. The minimum absolute atomic E-state index is 0.371. The molecule has 15 heavy (non-hydrogen) atoms. The van der Waals surface area contributed by atoms with E-state index in [1.807, 2.05) is 30.0 Å². The van der Waals surface area contributed by atoms with Gasteiger partial charge in [0.2, 0.25) is 0 Å². The zero-order valence-corrected chi connectivity index (χ0v) is 9.67. The first-order valence-electron chi connectivity index (χ1n) is 5.20. The number of aromatic nitrogens is 1. The van der Waals surface area contributed by atoms with Crippen LogP contribution in [0.3, 0.4) is 0 Å².